The minimum Gasteiger partial charge on any atom is -0.394 e. The normalized spacial score (nSPS) is 25.8. The fourth-order valence-electron chi connectivity index (χ4n) is 3.77. The zero-order chi connectivity index (χ0) is 22.8. The third-order valence-corrected chi connectivity index (χ3v) is 7.05. The maximum atomic E-state index is 10.4. The smallest absolute Gasteiger partial charge is 0.147 e. The van der Waals surface area contributed by atoms with Crippen molar-refractivity contribution in [3.63, 3.8) is 0 Å². The summed E-state index contributed by atoms with van der Waals surface area (Å²) < 4.78 is 5.66. The van der Waals surface area contributed by atoms with Crippen molar-refractivity contribution < 1.29 is 25.2 Å². The molecule has 3 aromatic rings. The van der Waals surface area contributed by atoms with E-state index in [1.807, 2.05) is 12.1 Å². The van der Waals surface area contributed by atoms with Gasteiger partial charge in [0.05, 0.1) is 6.61 Å². The summed E-state index contributed by atoms with van der Waals surface area (Å²) in [6.45, 7) is 1.63. The molecule has 1 aliphatic rings. The van der Waals surface area contributed by atoms with Crippen molar-refractivity contribution in [2.45, 2.75) is 50.3 Å². The van der Waals surface area contributed by atoms with Crippen LogP contribution >= 0.6 is 22.9 Å². The van der Waals surface area contributed by atoms with Crippen LogP contribution in [0.4, 0.5) is 0 Å². The fourth-order valence-corrected chi connectivity index (χ4v) is 4.82. The lowest BCUT2D eigenvalue weighted by atomic mass is 9.90. The summed E-state index contributed by atoms with van der Waals surface area (Å²) in [6, 6.07) is 13.4. The molecule has 0 bridgehead atoms. The van der Waals surface area contributed by atoms with E-state index in [0.717, 1.165) is 27.6 Å². The Balaban J connectivity index is 1.55. The fraction of sp³-hybridized carbons (Fsp3) is 0.391. The van der Waals surface area contributed by atoms with Crippen molar-refractivity contribution in [1.29, 1.82) is 0 Å². The van der Waals surface area contributed by atoms with Crippen LogP contribution in [0.5, 0.6) is 0 Å². The highest BCUT2D eigenvalue weighted by atomic mass is 35.5. The molecule has 0 spiro atoms. The third kappa shape index (κ3) is 4.72. The lowest BCUT2D eigenvalue weighted by molar-refractivity contribution is -0.231. The van der Waals surface area contributed by atoms with Crippen LogP contribution in [0.15, 0.2) is 42.5 Å². The second kappa shape index (κ2) is 9.93. The first-order valence-electron chi connectivity index (χ1n) is 10.4. The highest BCUT2D eigenvalue weighted by Crippen LogP contribution is 2.35. The highest BCUT2D eigenvalue weighted by molar-refractivity contribution is 7.14. The maximum Gasteiger partial charge on any atom is 0.147 e. The van der Waals surface area contributed by atoms with Crippen molar-refractivity contribution >= 4 is 22.9 Å². The van der Waals surface area contributed by atoms with Crippen molar-refractivity contribution in [2.75, 3.05) is 6.61 Å². The van der Waals surface area contributed by atoms with Gasteiger partial charge in [0, 0.05) is 17.0 Å². The number of benzene rings is 2. The maximum absolute atomic E-state index is 10.4. The molecule has 1 fully saturated rings. The molecular formula is C23H25ClN2O5S. The highest BCUT2D eigenvalue weighted by Gasteiger charge is 2.44. The van der Waals surface area contributed by atoms with Crippen LogP contribution in [-0.2, 0) is 17.6 Å². The van der Waals surface area contributed by atoms with E-state index in [1.165, 1.54) is 16.9 Å². The van der Waals surface area contributed by atoms with E-state index in [2.05, 4.69) is 29.3 Å². The Morgan fingerprint density at radius 3 is 2.44 bits per heavy atom. The number of aliphatic hydroxyl groups is 4. The summed E-state index contributed by atoms with van der Waals surface area (Å²) in [7, 11) is 0. The van der Waals surface area contributed by atoms with Gasteiger partial charge in [-0.1, -0.05) is 66.3 Å². The number of hydrogen-bond acceptors (Lipinski definition) is 8. The Labute approximate surface area is 194 Å². The molecule has 2 heterocycles. The van der Waals surface area contributed by atoms with Crippen LogP contribution in [0.1, 0.15) is 34.7 Å². The summed E-state index contributed by atoms with van der Waals surface area (Å²) in [5.41, 5.74) is 3.62. The van der Waals surface area contributed by atoms with Gasteiger partial charge in [-0.05, 0) is 29.2 Å². The second-order valence-electron chi connectivity index (χ2n) is 7.83. The van der Waals surface area contributed by atoms with Crippen LogP contribution in [0.2, 0.25) is 5.02 Å². The molecule has 4 rings (SSSR count). The van der Waals surface area contributed by atoms with E-state index in [4.69, 9.17) is 16.3 Å². The number of ether oxygens (including phenoxy) is 1. The quantitative estimate of drug-likeness (QED) is 0.432. The number of aromatic nitrogens is 2. The standard InChI is InChI=1S/C23H25ClN2O5S/c1-2-12-3-5-13(6-4-12)23-26-25-18(32-23)10-15-9-14(7-8-16(15)24)22-21(30)20(29)19(28)17(11-27)31-22/h3-9,17,19-22,27-30H,2,10-11H2,1H3. The van der Waals surface area contributed by atoms with Crippen molar-refractivity contribution in [2.24, 2.45) is 0 Å². The van der Waals surface area contributed by atoms with Gasteiger partial charge in [-0.2, -0.15) is 0 Å². The molecule has 7 nitrogen and oxygen atoms in total. The lowest BCUT2D eigenvalue weighted by Gasteiger charge is -2.40. The van der Waals surface area contributed by atoms with Gasteiger partial charge in [0.1, 0.15) is 40.5 Å². The third-order valence-electron chi connectivity index (χ3n) is 5.71. The molecule has 0 saturated carbocycles. The first-order chi connectivity index (χ1) is 15.4. The molecule has 0 radical (unpaired) electrons. The largest absolute Gasteiger partial charge is 0.394 e. The monoisotopic (exact) mass is 476 g/mol. The number of rotatable bonds is 6. The molecular weight excluding hydrogens is 452 g/mol. The van der Waals surface area contributed by atoms with Crippen molar-refractivity contribution in [1.82, 2.24) is 10.2 Å². The van der Waals surface area contributed by atoms with Gasteiger partial charge < -0.3 is 25.2 Å². The summed E-state index contributed by atoms with van der Waals surface area (Å²) in [5.74, 6) is 0. The summed E-state index contributed by atoms with van der Waals surface area (Å²) in [5, 5.41) is 50.7. The number of aliphatic hydroxyl groups excluding tert-OH is 4. The Morgan fingerprint density at radius 2 is 1.75 bits per heavy atom. The van der Waals surface area contributed by atoms with Crippen molar-refractivity contribution in [3.05, 3.63) is 69.2 Å². The van der Waals surface area contributed by atoms with Gasteiger partial charge >= 0.3 is 0 Å². The molecule has 5 unspecified atom stereocenters. The molecule has 32 heavy (non-hydrogen) atoms. The molecule has 1 aliphatic heterocycles. The lowest BCUT2D eigenvalue weighted by Crippen LogP contribution is -2.55. The average Bonchev–Trinajstić information content (AvgIpc) is 3.28. The Bertz CT molecular complexity index is 1060. The van der Waals surface area contributed by atoms with Gasteiger partial charge in [0.15, 0.2) is 0 Å². The molecule has 2 aromatic carbocycles. The minimum atomic E-state index is -1.44. The van der Waals surface area contributed by atoms with Gasteiger partial charge in [-0.15, -0.1) is 10.2 Å². The zero-order valence-electron chi connectivity index (χ0n) is 17.4. The number of halogens is 1. The van der Waals surface area contributed by atoms with Gasteiger partial charge in [0.25, 0.3) is 0 Å². The predicted molar refractivity (Wildman–Crippen MR) is 122 cm³/mol. The number of hydrogen-bond donors (Lipinski definition) is 4. The Morgan fingerprint density at radius 1 is 1.00 bits per heavy atom. The molecule has 170 valence electrons. The average molecular weight is 477 g/mol. The van der Waals surface area contributed by atoms with E-state index in [9.17, 15) is 20.4 Å². The summed E-state index contributed by atoms with van der Waals surface area (Å²) in [4.78, 5) is 0. The first kappa shape index (κ1) is 23.3. The van der Waals surface area contributed by atoms with Gasteiger partial charge in [-0.25, -0.2) is 0 Å². The number of nitrogens with zero attached hydrogens (tertiary/aromatic N) is 2. The Hall–Kier alpha value is -1.91. The molecule has 1 aromatic heterocycles. The topological polar surface area (TPSA) is 116 Å². The molecule has 5 atom stereocenters. The van der Waals surface area contributed by atoms with Gasteiger partial charge in [-0.3, -0.25) is 0 Å². The first-order valence-corrected chi connectivity index (χ1v) is 11.6. The second-order valence-corrected chi connectivity index (χ2v) is 9.30. The zero-order valence-corrected chi connectivity index (χ0v) is 19.0. The van der Waals surface area contributed by atoms with E-state index < -0.39 is 37.1 Å². The SMILES string of the molecule is CCc1ccc(-c2nnc(Cc3cc(C4OC(CO)C(O)C(O)C4O)ccc3Cl)s2)cc1. The van der Waals surface area contributed by atoms with Crippen LogP contribution in [0, 0.1) is 0 Å². The molecule has 4 N–H and O–H groups in total. The molecule has 0 aliphatic carbocycles. The van der Waals surface area contributed by atoms with Crippen LogP contribution in [0.25, 0.3) is 10.6 Å². The van der Waals surface area contributed by atoms with E-state index in [0.29, 0.717) is 17.0 Å². The van der Waals surface area contributed by atoms with Gasteiger partial charge in [0.2, 0.25) is 0 Å². The molecule has 1 saturated heterocycles. The van der Waals surface area contributed by atoms with Crippen LogP contribution in [-0.4, -0.2) is 61.6 Å². The summed E-state index contributed by atoms with van der Waals surface area (Å²) in [6.07, 6.45) is -4.65. The minimum absolute atomic E-state index is 0.439. The van der Waals surface area contributed by atoms with E-state index >= 15 is 0 Å². The number of aryl methyl sites for hydroxylation is 1. The predicted octanol–water partition coefficient (Wildman–Crippen LogP) is 2.53. The van der Waals surface area contributed by atoms with Crippen LogP contribution in [0.3, 0.4) is 0 Å². The van der Waals surface area contributed by atoms with E-state index in [1.54, 1.807) is 18.2 Å². The molecule has 0 amide bonds. The van der Waals surface area contributed by atoms with Crippen molar-refractivity contribution in [3.8, 4) is 10.6 Å². The molecule has 9 heteroatoms. The van der Waals surface area contributed by atoms with E-state index in [-0.39, 0.29) is 0 Å². The summed E-state index contributed by atoms with van der Waals surface area (Å²) >= 11 is 7.89. The van der Waals surface area contributed by atoms with Crippen LogP contribution < -0.4 is 0 Å². The Kier molecular flexibility index (Phi) is 7.21.